The third-order valence-electron chi connectivity index (χ3n) is 4.81. The number of aromatic hydroxyl groups is 1. The number of fused-ring (bicyclic) bond motifs is 6. The lowest BCUT2D eigenvalue weighted by Crippen LogP contribution is -2.02. The molecule has 2 heterocycles. The summed E-state index contributed by atoms with van der Waals surface area (Å²) in [6, 6.07) is 19.6. The summed E-state index contributed by atoms with van der Waals surface area (Å²) < 4.78 is 11.4. The molecule has 3 aromatic carbocycles. The second-order valence-electron chi connectivity index (χ2n) is 6.50. The van der Waals surface area contributed by atoms with Gasteiger partial charge in [0.1, 0.15) is 17.2 Å². The lowest BCUT2D eigenvalue weighted by Gasteiger charge is -2.10. The summed E-state index contributed by atoms with van der Waals surface area (Å²) in [5, 5.41) is 13.1. The summed E-state index contributed by atoms with van der Waals surface area (Å²) in [6.07, 6.45) is 0. The third kappa shape index (κ3) is 2.47. The Bertz CT molecular complexity index is 1240. The molecule has 5 heteroatoms. The van der Waals surface area contributed by atoms with Crippen molar-refractivity contribution in [1.29, 1.82) is 0 Å². The molecular weight excluding hydrogens is 372 g/mol. The zero-order valence-electron chi connectivity index (χ0n) is 15.1. The Hall–Kier alpha value is -3.31. The van der Waals surface area contributed by atoms with Gasteiger partial charge in [0.05, 0.1) is 11.5 Å². The van der Waals surface area contributed by atoms with E-state index in [0.29, 0.717) is 17.1 Å². The smallest absolute Gasteiger partial charge is 0.352 e. The number of rotatable bonds is 2. The van der Waals surface area contributed by atoms with Crippen LogP contribution in [0.4, 0.5) is 0 Å². The molecule has 0 saturated carbocycles. The second-order valence-corrected chi connectivity index (χ2v) is 7.52. The first-order chi connectivity index (χ1) is 13.7. The Kier molecular flexibility index (Phi) is 3.84. The van der Waals surface area contributed by atoms with Crippen molar-refractivity contribution in [3.05, 3.63) is 65.5 Å². The number of carbonyl (C=O) groups excluding carboxylic acids is 1. The molecular formula is C23H16O4S. The minimum Gasteiger partial charge on any atom is -0.505 e. The van der Waals surface area contributed by atoms with E-state index in [1.165, 1.54) is 11.3 Å². The van der Waals surface area contributed by atoms with Gasteiger partial charge < -0.3 is 14.6 Å². The first-order valence-corrected chi connectivity index (χ1v) is 9.82. The molecule has 0 aliphatic carbocycles. The molecule has 138 valence electrons. The van der Waals surface area contributed by atoms with Gasteiger partial charge in [0, 0.05) is 16.7 Å². The Morgan fingerprint density at radius 2 is 1.71 bits per heavy atom. The number of esters is 1. The van der Waals surface area contributed by atoms with E-state index >= 15 is 0 Å². The topological polar surface area (TPSA) is 55.8 Å². The van der Waals surface area contributed by atoms with E-state index in [4.69, 9.17) is 9.47 Å². The maximum Gasteiger partial charge on any atom is 0.352 e. The Morgan fingerprint density at radius 3 is 2.50 bits per heavy atom. The minimum absolute atomic E-state index is 0.0597. The molecule has 1 aliphatic heterocycles. The lowest BCUT2D eigenvalue weighted by molar-refractivity contribution is 0.0529. The highest BCUT2D eigenvalue weighted by atomic mass is 32.1. The van der Waals surface area contributed by atoms with Crippen LogP contribution in [0.25, 0.3) is 32.3 Å². The molecule has 28 heavy (non-hydrogen) atoms. The molecule has 4 aromatic rings. The van der Waals surface area contributed by atoms with E-state index in [9.17, 15) is 9.90 Å². The molecule has 0 saturated heterocycles. The molecule has 0 bridgehead atoms. The zero-order valence-corrected chi connectivity index (χ0v) is 15.9. The highest BCUT2D eigenvalue weighted by Crippen LogP contribution is 2.55. The Labute approximate surface area is 165 Å². The van der Waals surface area contributed by atoms with Crippen LogP contribution in [-0.4, -0.2) is 17.7 Å². The maximum absolute atomic E-state index is 12.4. The predicted molar refractivity (Wildman–Crippen MR) is 110 cm³/mol. The van der Waals surface area contributed by atoms with Gasteiger partial charge in [0.25, 0.3) is 0 Å². The number of hydrogen-bond donors (Lipinski definition) is 1. The Morgan fingerprint density at radius 1 is 1.00 bits per heavy atom. The summed E-state index contributed by atoms with van der Waals surface area (Å²) in [6.45, 7) is 2.00. The standard InChI is InChI=1S/C23H16O4S/c1-2-26-23(25)22-20(24)19-15-9-5-6-10-17(15)27-18-12-14-8-4-3-7-13(14)11-16(18)21(19)28-22/h3-12,24H,2H2,1H3. The van der Waals surface area contributed by atoms with Crippen molar-refractivity contribution < 1.29 is 19.4 Å². The molecule has 4 nitrogen and oxygen atoms in total. The SMILES string of the molecule is CCOC(=O)c1sc2c(c1O)-c1ccccc1Oc1cc3ccccc3cc1-2. The van der Waals surface area contributed by atoms with Crippen molar-refractivity contribution in [3.63, 3.8) is 0 Å². The summed E-state index contributed by atoms with van der Waals surface area (Å²) >= 11 is 1.23. The highest BCUT2D eigenvalue weighted by molar-refractivity contribution is 7.18. The molecule has 0 unspecified atom stereocenters. The van der Waals surface area contributed by atoms with Gasteiger partial charge in [-0.2, -0.15) is 0 Å². The van der Waals surface area contributed by atoms with Crippen molar-refractivity contribution in [3.8, 4) is 38.8 Å². The van der Waals surface area contributed by atoms with E-state index in [1.807, 2.05) is 60.7 Å². The van der Waals surface area contributed by atoms with Crippen molar-refractivity contribution in [2.45, 2.75) is 6.92 Å². The molecule has 0 spiro atoms. The van der Waals surface area contributed by atoms with Gasteiger partial charge in [-0.05, 0) is 35.9 Å². The normalized spacial score (nSPS) is 11.8. The summed E-state index contributed by atoms with van der Waals surface area (Å²) in [5.41, 5.74) is 2.21. The molecule has 1 N–H and O–H groups in total. The molecule has 0 fully saturated rings. The fourth-order valence-electron chi connectivity index (χ4n) is 3.56. The molecule has 1 aromatic heterocycles. The van der Waals surface area contributed by atoms with Gasteiger partial charge in [0.15, 0.2) is 4.88 Å². The van der Waals surface area contributed by atoms with Gasteiger partial charge in [-0.15, -0.1) is 11.3 Å². The fourth-order valence-corrected chi connectivity index (χ4v) is 4.68. The number of hydrogen-bond acceptors (Lipinski definition) is 5. The quantitative estimate of drug-likeness (QED) is 0.365. The van der Waals surface area contributed by atoms with E-state index in [2.05, 4.69) is 0 Å². The molecule has 5 rings (SSSR count). The second kappa shape index (κ2) is 6.39. The van der Waals surface area contributed by atoms with Crippen LogP contribution in [0.3, 0.4) is 0 Å². The minimum atomic E-state index is -0.515. The average molecular weight is 388 g/mol. The van der Waals surface area contributed by atoms with Crippen LogP contribution in [-0.2, 0) is 4.74 Å². The van der Waals surface area contributed by atoms with Crippen LogP contribution in [0, 0.1) is 0 Å². The van der Waals surface area contributed by atoms with Gasteiger partial charge >= 0.3 is 5.97 Å². The molecule has 0 radical (unpaired) electrons. The highest BCUT2D eigenvalue weighted by Gasteiger charge is 2.30. The van der Waals surface area contributed by atoms with Gasteiger partial charge in [-0.3, -0.25) is 0 Å². The molecule has 1 aliphatic rings. The number of carbonyl (C=O) groups is 1. The van der Waals surface area contributed by atoms with E-state index in [-0.39, 0.29) is 17.2 Å². The molecule has 0 amide bonds. The number of benzene rings is 3. The van der Waals surface area contributed by atoms with Crippen LogP contribution >= 0.6 is 11.3 Å². The van der Waals surface area contributed by atoms with Gasteiger partial charge in [-0.25, -0.2) is 4.79 Å². The zero-order chi connectivity index (χ0) is 19.3. The van der Waals surface area contributed by atoms with E-state index in [1.54, 1.807) is 6.92 Å². The van der Waals surface area contributed by atoms with Crippen molar-refractivity contribution in [2.75, 3.05) is 6.61 Å². The van der Waals surface area contributed by atoms with Crippen molar-refractivity contribution in [1.82, 2.24) is 0 Å². The average Bonchev–Trinajstić information content (AvgIpc) is 2.98. The molecule has 0 atom stereocenters. The van der Waals surface area contributed by atoms with E-state index in [0.717, 1.165) is 26.8 Å². The largest absolute Gasteiger partial charge is 0.505 e. The predicted octanol–water partition coefficient (Wildman–Crippen LogP) is 6.22. The first-order valence-electron chi connectivity index (χ1n) is 9.00. The van der Waals surface area contributed by atoms with Crippen LogP contribution < -0.4 is 4.74 Å². The van der Waals surface area contributed by atoms with Crippen LogP contribution in [0.15, 0.2) is 60.7 Å². The first kappa shape index (κ1) is 16.8. The van der Waals surface area contributed by atoms with Crippen LogP contribution in [0.1, 0.15) is 16.6 Å². The van der Waals surface area contributed by atoms with Gasteiger partial charge in [0.2, 0.25) is 0 Å². The maximum atomic E-state index is 12.4. The van der Waals surface area contributed by atoms with E-state index < -0.39 is 5.97 Å². The summed E-state index contributed by atoms with van der Waals surface area (Å²) in [5.74, 6) is 0.761. The third-order valence-corrected chi connectivity index (χ3v) is 6.01. The van der Waals surface area contributed by atoms with Crippen molar-refractivity contribution in [2.24, 2.45) is 0 Å². The summed E-state index contributed by atoms with van der Waals surface area (Å²) in [4.78, 5) is 13.4. The van der Waals surface area contributed by atoms with Crippen LogP contribution in [0.5, 0.6) is 17.2 Å². The number of para-hydroxylation sites is 1. The van der Waals surface area contributed by atoms with Crippen LogP contribution in [0.2, 0.25) is 0 Å². The fraction of sp³-hybridized carbons (Fsp3) is 0.0870. The number of ether oxygens (including phenoxy) is 2. The van der Waals surface area contributed by atoms with Gasteiger partial charge in [-0.1, -0.05) is 42.5 Å². The summed E-state index contributed by atoms with van der Waals surface area (Å²) in [7, 11) is 0. The Balaban J connectivity index is 1.85. The van der Waals surface area contributed by atoms with Crippen molar-refractivity contribution >= 4 is 28.1 Å². The number of thiophene rings is 1. The lowest BCUT2D eigenvalue weighted by atomic mass is 9.99. The monoisotopic (exact) mass is 388 g/mol.